The Morgan fingerprint density at radius 2 is 1.95 bits per heavy atom. The Bertz CT molecular complexity index is 476. The van der Waals surface area contributed by atoms with Gasteiger partial charge in [0.25, 0.3) is 0 Å². The number of carbonyl (C=O) groups excluding carboxylic acids is 1. The number of hydrogen-bond donors (Lipinski definition) is 1. The number of amides is 1. The number of alkyl halides is 3. The van der Waals surface area contributed by atoms with Gasteiger partial charge in [0, 0.05) is 12.1 Å². The van der Waals surface area contributed by atoms with Gasteiger partial charge in [-0.2, -0.15) is 13.2 Å². The number of rotatable bonds is 5. The van der Waals surface area contributed by atoms with Crippen LogP contribution < -0.4 is 5.32 Å². The van der Waals surface area contributed by atoms with E-state index in [2.05, 4.69) is 5.32 Å². The van der Waals surface area contributed by atoms with Crippen LogP contribution in [0.5, 0.6) is 0 Å². The average Bonchev–Trinajstić information content (AvgIpc) is 2.42. The van der Waals surface area contributed by atoms with Gasteiger partial charge in [0.15, 0.2) is 0 Å². The fraction of sp³-hybridized carbons (Fsp3) is 0.400. The van der Waals surface area contributed by atoms with Crippen molar-refractivity contribution < 1.29 is 18.0 Å². The first kappa shape index (κ1) is 16.3. The molecule has 110 valence electrons. The van der Waals surface area contributed by atoms with Crippen LogP contribution >= 0.6 is 0 Å². The van der Waals surface area contributed by atoms with E-state index in [1.165, 1.54) is 24.3 Å². The molecule has 0 aliphatic rings. The Kier molecular flexibility index (Phi) is 5.80. The molecular weight excluding hydrogens is 267 g/mol. The van der Waals surface area contributed by atoms with E-state index in [0.717, 1.165) is 25.0 Å². The standard InChI is InChI=1S/C15H18F3NO/c1-3-13(4-2)19-14(20)9-8-11-6-5-7-12(10-11)15(16,17)18/h5-10,13H,3-4H2,1-2H3,(H,19,20)/b9-8+. The van der Waals surface area contributed by atoms with Gasteiger partial charge < -0.3 is 5.32 Å². The summed E-state index contributed by atoms with van der Waals surface area (Å²) in [7, 11) is 0. The van der Waals surface area contributed by atoms with Crippen molar-refractivity contribution in [2.45, 2.75) is 38.9 Å². The fourth-order valence-electron chi connectivity index (χ4n) is 1.73. The SMILES string of the molecule is CCC(CC)NC(=O)/C=C/c1cccc(C(F)(F)F)c1. The Balaban J connectivity index is 2.73. The molecule has 1 rings (SSSR count). The van der Waals surface area contributed by atoms with E-state index in [1.54, 1.807) is 0 Å². The van der Waals surface area contributed by atoms with Crippen molar-refractivity contribution in [2.75, 3.05) is 0 Å². The largest absolute Gasteiger partial charge is 0.416 e. The normalized spacial score (nSPS) is 12.1. The highest BCUT2D eigenvalue weighted by molar-refractivity contribution is 5.91. The second-order valence-corrected chi connectivity index (χ2v) is 4.48. The van der Waals surface area contributed by atoms with Gasteiger partial charge in [0.2, 0.25) is 5.91 Å². The molecule has 1 aromatic carbocycles. The molecule has 0 aromatic heterocycles. The molecule has 0 heterocycles. The van der Waals surface area contributed by atoms with Gasteiger partial charge in [-0.3, -0.25) is 4.79 Å². The zero-order valence-electron chi connectivity index (χ0n) is 11.5. The highest BCUT2D eigenvalue weighted by Crippen LogP contribution is 2.29. The lowest BCUT2D eigenvalue weighted by Gasteiger charge is -2.12. The molecule has 0 aliphatic carbocycles. The Morgan fingerprint density at radius 1 is 1.30 bits per heavy atom. The van der Waals surface area contributed by atoms with Crippen molar-refractivity contribution in [3.05, 3.63) is 41.5 Å². The Labute approximate surface area is 116 Å². The highest BCUT2D eigenvalue weighted by atomic mass is 19.4. The van der Waals surface area contributed by atoms with Crippen molar-refractivity contribution in [3.8, 4) is 0 Å². The van der Waals surface area contributed by atoms with Gasteiger partial charge in [-0.15, -0.1) is 0 Å². The van der Waals surface area contributed by atoms with Crippen molar-refractivity contribution >= 4 is 12.0 Å². The van der Waals surface area contributed by atoms with E-state index >= 15 is 0 Å². The molecule has 0 fully saturated rings. The van der Waals surface area contributed by atoms with Crippen LogP contribution in [0, 0.1) is 0 Å². The predicted molar refractivity (Wildman–Crippen MR) is 73.0 cm³/mol. The van der Waals surface area contributed by atoms with Crippen LogP contribution in [0.3, 0.4) is 0 Å². The summed E-state index contributed by atoms with van der Waals surface area (Å²) < 4.78 is 37.6. The number of hydrogen-bond acceptors (Lipinski definition) is 1. The maximum Gasteiger partial charge on any atom is 0.416 e. The van der Waals surface area contributed by atoms with Crippen molar-refractivity contribution in [1.82, 2.24) is 5.32 Å². The Hall–Kier alpha value is -1.78. The summed E-state index contributed by atoms with van der Waals surface area (Å²) in [5.74, 6) is -0.295. The van der Waals surface area contributed by atoms with Crippen LogP contribution in [0.25, 0.3) is 6.08 Å². The van der Waals surface area contributed by atoms with Crippen LogP contribution in [0.1, 0.15) is 37.8 Å². The third-order valence-corrected chi connectivity index (χ3v) is 2.97. The molecular formula is C15H18F3NO. The number of benzene rings is 1. The number of nitrogens with one attached hydrogen (secondary N) is 1. The molecule has 0 spiro atoms. The Morgan fingerprint density at radius 3 is 2.50 bits per heavy atom. The van der Waals surface area contributed by atoms with Crippen LogP contribution in [-0.2, 0) is 11.0 Å². The summed E-state index contributed by atoms with van der Waals surface area (Å²) in [4.78, 5) is 11.6. The summed E-state index contributed by atoms with van der Waals surface area (Å²) in [6.45, 7) is 3.93. The molecule has 1 N–H and O–H groups in total. The minimum atomic E-state index is -4.37. The lowest BCUT2D eigenvalue weighted by molar-refractivity contribution is -0.137. The first-order valence-corrected chi connectivity index (χ1v) is 6.52. The van der Waals surface area contributed by atoms with Crippen molar-refractivity contribution in [2.24, 2.45) is 0 Å². The quantitative estimate of drug-likeness (QED) is 0.813. The lowest BCUT2D eigenvalue weighted by Crippen LogP contribution is -2.32. The van der Waals surface area contributed by atoms with E-state index in [9.17, 15) is 18.0 Å². The van der Waals surface area contributed by atoms with E-state index in [4.69, 9.17) is 0 Å². The number of carbonyl (C=O) groups is 1. The summed E-state index contributed by atoms with van der Waals surface area (Å²) in [5, 5.41) is 2.78. The van der Waals surface area contributed by atoms with Gasteiger partial charge in [-0.1, -0.05) is 26.0 Å². The maximum atomic E-state index is 12.5. The van der Waals surface area contributed by atoms with Gasteiger partial charge in [0.05, 0.1) is 5.56 Å². The minimum Gasteiger partial charge on any atom is -0.350 e. The van der Waals surface area contributed by atoms with Gasteiger partial charge in [0.1, 0.15) is 0 Å². The maximum absolute atomic E-state index is 12.5. The third kappa shape index (κ3) is 5.07. The molecule has 1 aromatic rings. The molecule has 0 saturated heterocycles. The molecule has 20 heavy (non-hydrogen) atoms. The average molecular weight is 285 g/mol. The van der Waals surface area contributed by atoms with Crippen LogP contribution in [0.15, 0.2) is 30.3 Å². The molecule has 0 radical (unpaired) electrons. The fourth-order valence-corrected chi connectivity index (χ4v) is 1.73. The van der Waals surface area contributed by atoms with Gasteiger partial charge in [-0.05, 0) is 36.6 Å². The zero-order chi connectivity index (χ0) is 15.2. The van der Waals surface area contributed by atoms with Gasteiger partial charge >= 0.3 is 6.18 Å². The monoisotopic (exact) mass is 285 g/mol. The van der Waals surface area contributed by atoms with E-state index in [1.807, 2.05) is 13.8 Å². The third-order valence-electron chi connectivity index (χ3n) is 2.97. The summed E-state index contributed by atoms with van der Waals surface area (Å²) in [6, 6.07) is 4.95. The zero-order valence-corrected chi connectivity index (χ0v) is 11.5. The topological polar surface area (TPSA) is 29.1 Å². The first-order chi connectivity index (χ1) is 9.36. The highest BCUT2D eigenvalue weighted by Gasteiger charge is 2.30. The molecule has 0 unspecified atom stereocenters. The number of halogens is 3. The first-order valence-electron chi connectivity index (χ1n) is 6.52. The lowest BCUT2D eigenvalue weighted by atomic mass is 10.1. The second-order valence-electron chi connectivity index (χ2n) is 4.48. The summed E-state index contributed by atoms with van der Waals surface area (Å²) in [6.07, 6.45) is -0.0956. The van der Waals surface area contributed by atoms with Crippen LogP contribution in [0.4, 0.5) is 13.2 Å². The molecule has 1 amide bonds. The molecule has 2 nitrogen and oxygen atoms in total. The van der Waals surface area contributed by atoms with Crippen molar-refractivity contribution in [3.63, 3.8) is 0 Å². The molecule has 0 saturated carbocycles. The minimum absolute atomic E-state index is 0.0914. The van der Waals surface area contributed by atoms with Crippen LogP contribution in [-0.4, -0.2) is 11.9 Å². The summed E-state index contributed by atoms with van der Waals surface area (Å²) >= 11 is 0. The van der Waals surface area contributed by atoms with Gasteiger partial charge in [-0.25, -0.2) is 0 Å². The predicted octanol–water partition coefficient (Wildman–Crippen LogP) is 4.02. The molecule has 0 atom stereocenters. The van der Waals surface area contributed by atoms with E-state index in [-0.39, 0.29) is 11.9 Å². The molecule has 0 aliphatic heterocycles. The van der Waals surface area contributed by atoms with Crippen molar-refractivity contribution in [1.29, 1.82) is 0 Å². The summed E-state index contributed by atoms with van der Waals surface area (Å²) in [5.41, 5.74) is -0.375. The van der Waals surface area contributed by atoms with Crippen LogP contribution in [0.2, 0.25) is 0 Å². The molecule has 0 bridgehead atoms. The van der Waals surface area contributed by atoms with E-state index < -0.39 is 11.7 Å². The van der Waals surface area contributed by atoms with E-state index in [0.29, 0.717) is 5.56 Å². The smallest absolute Gasteiger partial charge is 0.350 e. The molecule has 5 heteroatoms. The second kappa shape index (κ2) is 7.12.